The summed E-state index contributed by atoms with van der Waals surface area (Å²) >= 11 is 0. The van der Waals surface area contributed by atoms with Gasteiger partial charge in [0.1, 0.15) is 12.1 Å². The van der Waals surface area contributed by atoms with E-state index >= 15 is 0 Å². The molecule has 6 N–H and O–H groups in total. The number of unbranched alkanes of at least 4 members (excludes halogenated alkanes) is 2. The third kappa shape index (κ3) is 7.46. The lowest BCUT2D eigenvalue weighted by atomic mass is 10.0. The molecule has 1 rings (SSSR count). The zero-order valence-corrected chi connectivity index (χ0v) is 19.0. The zero-order valence-electron chi connectivity index (χ0n) is 19.0. The van der Waals surface area contributed by atoms with Crippen LogP contribution in [0.2, 0.25) is 0 Å². The van der Waals surface area contributed by atoms with E-state index in [0.29, 0.717) is 45.2 Å². The van der Waals surface area contributed by atoms with Crippen molar-refractivity contribution in [1.82, 2.24) is 9.80 Å². The number of hydrogen-bond donors (Lipinski definition) is 3. The van der Waals surface area contributed by atoms with Crippen molar-refractivity contribution in [3.05, 3.63) is 0 Å². The standard InChI is InChI=1S/C21H39N5O5/c1-4-5-13-31-21(30)26(17(14(2)3)18(24)27)20(29)16-10-8-12-25(16)19(28)15(23)9-6-7-11-22/h14-17H,4-13,22-23H2,1-3H3,(H2,24,27). The highest BCUT2D eigenvalue weighted by Crippen LogP contribution is 2.24. The van der Waals surface area contributed by atoms with Gasteiger partial charge < -0.3 is 26.8 Å². The highest BCUT2D eigenvalue weighted by molar-refractivity contribution is 6.01. The molecule has 0 spiro atoms. The summed E-state index contributed by atoms with van der Waals surface area (Å²) in [6.07, 6.45) is 3.42. The summed E-state index contributed by atoms with van der Waals surface area (Å²) in [6, 6.07) is -2.80. The number of carbonyl (C=O) groups excluding carboxylic acids is 4. The quantitative estimate of drug-likeness (QED) is 0.376. The molecule has 10 heteroatoms. The summed E-state index contributed by atoms with van der Waals surface area (Å²) in [5.74, 6) is -2.21. The Balaban J connectivity index is 3.08. The summed E-state index contributed by atoms with van der Waals surface area (Å²) in [5.41, 5.74) is 17.1. The predicted molar refractivity (Wildman–Crippen MR) is 117 cm³/mol. The number of primary amides is 1. The average Bonchev–Trinajstić information content (AvgIpc) is 3.20. The maximum absolute atomic E-state index is 13.4. The van der Waals surface area contributed by atoms with E-state index in [0.717, 1.165) is 17.7 Å². The first-order chi connectivity index (χ1) is 14.7. The average molecular weight is 442 g/mol. The molecule has 3 unspecified atom stereocenters. The van der Waals surface area contributed by atoms with E-state index in [4.69, 9.17) is 21.9 Å². The van der Waals surface area contributed by atoms with Crippen LogP contribution in [-0.4, -0.2) is 71.4 Å². The fourth-order valence-electron chi connectivity index (χ4n) is 3.76. The molecule has 0 aromatic carbocycles. The first-order valence-corrected chi connectivity index (χ1v) is 11.2. The van der Waals surface area contributed by atoms with E-state index in [-0.39, 0.29) is 12.5 Å². The second kappa shape index (κ2) is 13.3. The van der Waals surface area contributed by atoms with Crippen LogP contribution in [0.15, 0.2) is 0 Å². The molecule has 0 saturated carbocycles. The Morgan fingerprint density at radius 3 is 2.39 bits per heavy atom. The van der Waals surface area contributed by atoms with E-state index in [9.17, 15) is 19.2 Å². The summed E-state index contributed by atoms with van der Waals surface area (Å²) in [6.45, 7) is 6.34. The minimum Gasteiger partial charge on any atom is -0.449 e. The molecule has 1 fully saturated rings. The number of nitrogens with zero attached hydrogens (tertiary/aromatic N) is 2. The lowest BCUT2D eigenvalue weighted by Crippen LogP contribution is -2.59. The molecule has 0 aliphatic carbocycles. The monoisotopic (exact) mass is 441 g/mol. The van der Waals surface area contributed by atoms with Crippen LogP contribution in [0.3, 0.4) is 0 Å². The molecular formula is C21H39N5O5. The predicted octanol–water partition coefficient (Wildman–Crippen LogP) is 0.709. The number of imide groups is 1. The van der Waals surface area contributed by atoms with Crippen LogP contribution in [0.4, 0.5) is 4.79 Å². The minimum absolute atomic E-state index is 0.127. The van der Waals surface area contributed by atoms with Gasteiger partial charge in [-0.3, -0.25) is 14.4 Å². The summed E-state index contributed by atoms with van der Waals surface area (Å²) in [7, 11) is 0. The van der Waals surface area contributed by atoms with Gasteiger partial charge in [-0.25, -0.2) is 9.69 Å². The maximum atomic E-state index is 13.4. The second-order valence-electron chi connectivity index (χ2n) is 8.35. The van der Waals surface area contributed by atoms with E-state index in [2.05, 4.69) is 0 Å². The zero-order chi connectivity index (χ0) is 23.6. The Hall–Kier alpha value is -2.20. The smallest absolute Gasteiger partial charge is 0.417 e. The molecule has 10 nitrogen and oxygen atoms in total. The molecule has 1 aliphatic rings. The van der Waals surface area contributed by atoms with Crippen LogP contribution in [0.25, 0.3) is 0 Å². The van der Waals surface area contributed by atoms with Crippen LogP contribution in [0.1, 0.15) is 65.7 Å². The van der Waals surface area contributed by atoms with Crippen LogP contribution in [-0.2, 0) is 19.1 Å². The van der Waals surface area contributed by atoms with Crippen molar-refractivity contribution in [2.24, 2.45) is 23.1 Å². The van der Waals surface area contributed by atoms with Crippen molar-refractivity contribution in [1.29, 1.82) is 0 Å². The molecule has 0 aromatic rings. The minimum atomic E-state index is -1.17. The first-order valence-electron chi connectivity index (χ1n) is 11.2. The normalized spacial score (nSPS) is 18.0. The van der Waals surface area contributed by atoms with Gasteiger partial charge in [0.2, 0.25) is 11.8 Å². The van der Waals surface area contributed by atoms with Crippen LogP contribution < -0.4 is 17.2 Å². The van der Waals surface area contributed by atoms with Crippen LogP contribution in [0, 0.1) is 5.92 Å². The summed E-state index contributed by atoms with van der Waals surface area (Å²) in [5, 5.41) is 0. The lowest BCUT2D eigenvalue weighted by molar-refractivity contribution is -0.147. The Kier molecular flexibility index (Phi) is 11.5. The Morgan fingerprint density at radius 1 is 1.16 bits per heavy atom. The number of amides is 4. The number of hydrogen-bond acceptors (Lipinski definition) is 7. The van der Waals surface area contributed by atoms with Crippen molar-refractivity contribution in [2.75, 3.05) is 19.7 Å². The van der Waals surface area contributed by atoms with Crippen LogP contribution in [0.5, 0.6) is 0 Å². The lowest BCUT2D eigenvalue weighted by Gasteiger charge is -2.34. The highest BCUT2D eigenvalue weighted by Gasteiger charge is 2.44. The Morgan fingerprint density at radius 2 is 1.84 bits per heavy atom. The Bertz CT molecular complexity index is 627. The second-order valence-corrected chi connectivity index (χ2v) is 8.35. The van der Waals surface area contributed by atoms with Gasteiger partial charge in [-0.2, -0.15) is 0 Å². The van der Waals surface area contributed by atoms with Gasteiger partial charge in [0.25, 0.3) is 5.91 Å². The summed E-state index contributed by atoms with van der Waals surface area (Å²) in [4.78, 5) is 53.4. The van der Waals surface area contributed by atoms with Gasteiger partial charge in [0, 0.05) is 6.54 Å². The third-order valence-electron chi connectivity index (χ3n) is 5.47. The van der Waals surface area contributed by atoms with Crippen LogP contribution >= 0.6 is 0 Å². The fourth-order valence-corrected chi connectivity index (χ4v) is 3.76. The molecule has 178 valence electrons. The van der Waals surface area contributed by atoms with E-state index < -0.39 is 42.0 Å². The number of nitrogens with two attached hydrogens (primary N) is 3. The van der Waals surface area contributed by atoms with Gasteiger partial charge in [-0.05, 0) is 44.6 Å². The molecule has 3 atom stereocenters. The van der Waals surface area contributed by atoms with Crippen molar-refractivity contribution < 1.29 is 23.9 Å². The molecule has 0 radical (unpaired) electrons. The number of carbonyl (C=O) groups is 4. The first kappa shape index (κ1) is 26.8. The van der Waals surface area contributed by atoms with Gasteiger partial charge in [-0.15, -0.1) is 0 Å². The number of rotatable bonds is 12. The van der Waals surface area contributed by atoms with Crippen molar-refractivity contribution in [3.63, 3.8) is 0 Å². The van der Waals surface area contributed by atoms with Gasteiger partial charge in [0.05, 0.1) is 12.6 Å². The molecule has 1 saturated heterocycles. The molecule has 1 heterocycles. The number of likely N-dealkylation sites (tertiary alicyclic amines) is 1. The molecule has 4 amide bonds. The molecule has 0 bridgehead atoms. The van der Waals surface area contributed by atoms with Gasteiger partial charge in [-0.1, -0.05) is 33.6 Å². The van der Waals surface area contributed by atoms with E-state index in [1.807, 2.05) is 6.92 Å². The largest absolute Gasteiger partial charge is 0.449 e. The SMILES string of the molecule is CCCCOC(=O)N(C(=O)C1CCCN1C(=O)C(N)CCCCN)C(C(N)=O)C(C)C. The molecule has 1 aliphatic heterocycles. The third-order valence-corrected chi connectivity index (χ3v) is 5.47. The van der Waals surface area contributed by atoms with Gasteiger partial charge >= 0.3 is 6.09 Å². The number of ether oxygens (including phenoxy) is 1. The molecule has 0 aromatic heterocycles. The topological polar surface area (TPSA) is 162 Å². The van der Waals surface area contributed by atoms with E-state index in [1.165, 1.54) is 4.90 Å². The van der Waals surface area contributed by atoms with Crippen molar-refractivity contribution in [2.45, 2.75) is 83.8 Å². The highest BCUT2D eigenvalue weighted by atomic mass is 16.6. The maximum Gasteiger partial charge on any atom is 0.417 e. The molecule has 31 heavy (non-hydrogen) atoms. The molecular weight excluding hydrogens is 402 g/mol. The summed E-state index contributed by atoms with van der Waals surface area (Å²) < 4.78 is 5.23. The fraction of sp³-hybridized carbons (Fsp3) is 0.810. The van der Waals surface area contributed by atoms with Crippen molar-refractivity contribution in [3.8, 4) is 0 Å². The van der Waals surface area contributed by atoms with Crippen molar-refractivity contribution >= 4 is 23.8 Å². The Labute approximate surface area is 184 Å². The van der Waals surface area contributed by atoms with Gasteiger partial charge in [0.15, 0.2) is 0 Å². The van der Waals surface area contributed by atoms with E-state index in [1.54, 1.807) is 13.8 Å².